The standard InChI is InChI=1S/C24H30N2O3S/c27-16-22-23(20-11-3-1-4-12-20)24(26(22)15-19-9-7-8-10-19)17-25(18-24)30(28,29)21-13-5-2-6-14-21/h1-6,11-14,19,22-23,27H,7-10,15-18H2/t22-,23-/m1/s1. The molecule has 2 atom stereocenters. The highest BCUT2D eigenvalue weighted by Crippen LogP contribution is 2.55. The molecule has 1 spiro atoms. The largest absolute Gasteiger partial charge is 0.395 e. The van der Waals surface area contributed by atoms with Crippen molar-refractivity contribution in [1.82, 2.24) is 9.21 Å². The van der Waals surface area contributed by atoms with Gasteiger partial charge in [0.25, 0.3) is 0 Å². The zero-order valence-corrected chi connectivity index (χ0v) is 18.0. The summed E-state index contributed by atoms with van der Waals surface area (Å²) in [4.78, 5) is 2.80. The molecule has 0 amide bonds. The summed E-state index contributed by atoms with van der Waals surface area (Å²) in [6, 6.07) is 19.1. The first-order valence-electron chi connectivity index (χ1n) is 11.0. The lowest BCUT2D eigenvalue weighted by atomic mass is 9.61. The minimum atomic E-state index is -3.49. The Morgan fingerprint density at radius 1 is 0.933 bits per heavy atom. The van der Waals surface area contributed by atoms with Gasteiger partial charge < -0.3 is 5.11 Å². The summed E-state index contributed by atoms with van der Waals surface area (Å²) in [5.41, 5.74) is 0.995. The highest BCUT2D eigenvalue weighted by Gasteiger charge is 2.67. The molecule has 2 aliphatic heterocycles. The molecular formula is C24H30N2O3S. The van der Waals surface area contributed by atoms with E-state index in [2.05, 4.69) is 17.0 Å². The molecule has 0 unspecified atom stereocenters. The smallest absolute Gasteiger partial charge is 0.243 e. The van der Waals surface area contributed by atoms with Crippen molar-refractivity contribution in [2.45, 2.75) is 48.1 Å². The van der Waals surface area contributed by atoms with Gasteiger partial charge in [0.2, 0.25) is 10.0 Å². The number of sulfonamides is 1. The molecule has 5 rings (SSSR count). The lowest BCUT2D eigenvalue weighted by molar-refractivity contribution is -0.175. The Bertz CT molecular complexity index is 968. The van der Waals surface area contributed by atoms with Crippen molar-refractivity contribution in [1.29, 1.82) is 0 Å². The van der Waals surface area contributed by atoms with E-state index in [0.717, 1.165) is 6.54 Å². The molecule has 0 bridgehead atoms. The summed E-state index contributed by atoms with van der Waals surface area (Å²) >= 11 is 0. The molecule has 1 N–H and O–H groups in total. The molecule has 5 nitrogen and oxygen atoms in total. The number of nitrogens with zero attached hydrogens (tertiary/aromatic N) is 2. The second kappa shape index (κ2) is 7.75. The van der Waals surface area contributed by atoms with Crippen LogP contribution in [-0.2, 0) is 10.0 Å². The van der Waals surface area contributed by atoms with Crippen LogP contribution >= 0.6 is 0 Å². The van der Waals surface area contributed by atoms with Gasteiger partial charge in [0.1, 0.15) is 0 Å². The monoisotopic (exact) mass is 426 g/mol. The number of benzene rings is 2. The van der Waals surface area contributed by atoms with Crippen molar-refractivity contribution in [3.8, 4) is 0 Å². The first-order valence-corrected chi connectivity index (χ1v) is 12.5. The van der Waals surface area contributed by atoms with E-state index in [-0.39, 0.29) is 24.1 Å². The van der Waals surface area contributed by atoms with E-state index in [0.29, 0.717) is 23.9 Å². The second-order valence-corrected chi connectivity index (χ2v) is 11.1. The van der Waals surface area contributed by atoms with Gasteiger partial charge in [0.15, 0.2) is 0 Å². The molecule has 1 aliphatic carbocycles. The Morgan fingerprint density at radius 3 is 2.13 bits per heavy atom. The normalized spacial score (nSPS) is 27.1. The number of aliphatic hydroxyl groups is 1. The zero-order valence-electron chi connectivity index (χ0n) is 17.2. The van der Waals surface area contributed by atoms with Gasteiger partial charge >= 0.3 is 0 Å². The van der Waals surface area contributed by atoms with Crippen molar-refractivity contribution < 1.29 is 13.5 Å². The SMILES string of the molecule is O=S(=O)(c1ccccc1)N1CC2(C1)[C@H](c1ccccc1)[C@@H](CO)N2CC1CCCC1. The molecule has 3 fully saturated rings. The predicted molar refractivity (Wildman–Crippen MR) is 117 cm³/mol. The third-order valence-electron chi connectivity index (χ3n) is 7.49. The molecule has 0 aromatic heterocycles. The minimum absolute atomic E-state index is 0.0644. The Hall–Kier alpha value is -1.73. The summed E-state index contributed by atoms with van der Waals surface area (Å²) < 4.78 is 27.9. The average Bonchev–Trinajstić information content (AvgIpc) is 3.25. The van der Waals surface area contributed by atoms with Gasteiger partial charge in [-0.3, -0.25) is 4.90 Å². The highest BCUT2D eigenvalue weighted by atomic mass is 32.2. The molecule has 2 aromatic rings. The van der Waals surface area contributed by atoms with E-state index in [4.69, 9.17) is 0 Å². The van der Waals surface area contributed by atoms with Gasteiger partial charge in [0.05, 0.1) is 17.0 Å². The van der Waals surface area contributed by atoms with E-state index >= 15 is 0 Å². The molecule has 3 aliphatic rings. The first-order chi connectivity index (χ1) is 14.6. The van der Waals surface area contributed by atoms with Crippen LogP contribution in [0, 0.1) is 5.92 Å². The Balaban J connectivity index is 1.43. The van der Waals surface area contributed by atoms with Crippen molar-refractivity contribution in [3.05, 3.63) is 66.2 Å². The van der Waals surface area contributed by atoms with E-state index < -0.39 is 10.0 Å². The Morgan fingerprint density at radius 2 is 1.53 bits per heavy atom. The maximum Gasteiger partial charge on any atom is 0.243 e. The van der Waals surface area contributed by atoms with Gasteiger partial charge in [-0.1, -0.05) is 61.4 Å². The molecule has 1 saturated carbocycles. The van der Waals surface area contributed by atoms with Crippen molar-refractivity contribution in [2.24, 2.45) is 5.92 Å². The Kier molecular flexibility index (Phi) is 5.22. The summed E-state index contributed by atoms with van der Waals surface area (Å²) in [5.74, 6) is 0.819. The molecule has 2 aromatic carbocycles. The number of aliphatic hydroxyl groups excluding tert-OH is 1. The fourth-order valence-corrected chi connectivity index (χ4v) is 7.59. The van der Waals surface area contributed by atoms with Crippen LogP contribution in [0.5, 0.6) is 0 Å². The fourth-order valence-electron chi connectivity index (χ4n) is 6.00. The quantitative estimate of drug-likeness (QED) is 0.771. The minimum Gasteiger partial charge on any atom is -0.395 e. The topological polar surface area (TPSA) is 60.9 Å². The Labute approximate surface area is 179 Å². The third-order valence-corrected chi connectivity index (χ3v) is 9.30. The number of hydrogen-bond acceptors (Lipinski definition) is 4. The van der Waals surface area contributed by atoms with Crippen LogP contribution in [-0.4, -0.2) is 60.6 Å². The van der Waals surface area contributed by atoms with Crippen LogP contribution in [0.15, 0.2) is 65.6 Å². The molecular weight excluding hydrogens is 396 g/mol. The van der Waals surface area contributed by atoms with E-state index in [1.54, 1.807) is 28.6 Å². The third kappa shape index (κ3) is 3.12. The second-order valence-electron chi connectivity index (χ2n) is 9.13. The van der Waals surface area contributed by atoms with Crippen molar-refractivity contribution >= 4 is 10.0 Å². The fraction of sp³-hybridized carbons (Fsp3) is 0.500. The summed E-state index contributed by atoms with van der Waals surface area (Å²) in [5, 5.41) is 10.2. The van der Waals surface area contributed by atoms with Gasteiger partial charge in [-0.2, -0.15) is 4.31 Å². The molecule has 6 heteroatoms. The van der Waals surface area contributed by atoms with Gasteiger partial charge in [-0.25, -0.2) is 8.42 Å². The van der Waals surface area contributed by atoms with E-state index in [1.165, 1.54) is 31.2 Å². The predicted octanol–water partition coefficient (Wildman–Crippen LogP) is 3.08. The maximum atomic E-state index is 13.1. The summed E-state index contributed by atoms with van der Waals surface area (Å²) in [6.45, 7) is 2.06. The summed E-state index contributed by atoms with van der Waals surface area (Å²) in [7, 11) is -3.49. The maximum absolute atomic E-state index is 13.1. The molecule has 160 valence electrons. The molecule has 2 heterocycles. The van der Waals surface area contributed by atoms with Gasteiger partial charge in [0, 0.05) is 31.6 Å². The first kappa shape index (κ1) is 20.2. The average molecular weight is 427 g/mol. The van der Waals surface area contributed by atoms with Crippen LogP contribution in [0.4, 0.5) is 0 Å². The lowest BCUT2D eigenvalue weighted by Gasteiger charge is -2.70. The number of likely N-dealkylation sites (tertiary alicyclic amines) is 1. The van der Waals surface area contributed by atoms with Crippen LogP contribution in [0.25, 0.3) is 0 Å². The number of hydrogen-bond donors (Lipinski definition) is 1. The zero-order chi connectivity index (χ0) is 20.8. The van der Waals surface area contributed by atoms with Crippen molar-refractivity contribution in [2.75, 3.05) is 26.2 Å². The summed E-state index contributed by atoms with van der Waals surface area (Å²) in [6.07, 6.45) is 5.05. The van der Waals surface area contributed by atoms with Gasteiger partial charge in [-0.15, -0.1) is 0 Å². The lowest BCUT2D eigenvalue weighted by Crippen LogP contribution is -2.85. The highest BCUT2D eigenvalue weighted by molar-refractivity contribution is 7.89. The van der Waals surface area contributed by atoms with Crippen LogP contribution in [0.3, 0.4) is 0 Å². The molecule has 30 heavy (non-hydrogen) atoms. The van der Waals surface area contributed by atoms with Crippen LogP contribution in [0.2, 0.25) is 0 Å². The number of rotatable bonds is 6. The van der Waals surface area contributed by atoms with Crippen LogP contribution < -0.4 is 0 Å². The molecule has 0 radical (unpaired) electrons. The van der Waals surface area contributed by atoms with Gasteiger partial charge in [-0.05, 0) is 36.5 Å². The van der Waals surface area contributed by atoms with E-state index in [1.807, 2.05) is 24.3 Å². The van der Waals surface area contributed by atoms with Crippen LogP contribution in [0.1, 0.15) is 37.2 Å². The van der Waals surface area contributed by atoms with E-state index in [9.17, 15) is 13.5 Å². The molecule has 2 saturated heterocycles. The van der Waals surface area contributed by atoms with Crippen molar-refractivity contribution in [3.63, 3.8) is 0 Å².